The van der Waals surface area contributed by atoms with Gasteiger partial charge < -0.3 is 4.79 Å². The van der Waals surface area contributed by atoms with Gasteiger partial charge in [0, 0.05) is 6.42 Å². The number of rotatable bonds is 5. The van der Waals surface area contributed by atoms with Gasteiger partial charge in [0.2, 0.25) is 0 Å². The van der Waals surface area contributed by atoms with E-state index in [1.165, 1.54) is 22.3 Å². The largest absolute Gasteiger partial charge is 0.303 e. The number of hydrogen-bond donors (Lipinski definition) is 0. The van der Waals surface area contributed by atoms with Crippen LogP contribution in [0, 0.1) is 6.92 Å². The monoisotopic (exact) mass is 238 g/mol. The molecule has 0 radical (unpaired) electrons. The third kappa shape index (κ3) is 3.30. The van der Waals surface area contributed by atoms with Gasteiger partial charge in [-0.1, -0.05) is 54.1 Å². The van der Waals surface area contributed by atoms with Crippen molar-refractivity contribution in [2.45, 2.75) is 26.2 Å². The average molecular weight is 238 g/mol. The number of benzene rings is 2. The van der Waals surface area contributed by atoms with Crippen LogP contribution < -0.4 is 0 Å². The second-order valence-electron chi connectivity index (χ2n) is 4.62. The molecule has 2 aromatic rings. The zero-order valence-corrected chi connectivity index (χ0v) is 10.7. The van der Waals surface area contributed by atoms with Gasteiger partial charge in [0.1, 0.15) is 6.29 Å². The normalized spacial score (nSPS) is 10.3. The first-order valence-corrected chi connectivity index (χ1v) is 6.39. The fourth-order valence-corrected chi connectivity index (χ4v) is 2.00. The van der Waals surface area contributed by atoms with Crippen LogP contribution >= 0.6 is 0 Å². The summed E-state index contributed by atoms with van der Waals surface area (Å²) < 4.78 is 0. The lowest BCUT2D eigenvalue weighted by Crippen LogP contribution is -1.86. The molecule has 0 amide bonds. The van der Waals surface area contributed by atoms with E-state index in [1.807, 2.05) is 0 Å². The van der Waals surface area contributed by atoms with Crippen LogP contribution in [-0.4, -0.2) is 6.29 Å². The van der Waals surface area contributed by atoms with Gasteiger partial charge in [-0.2, -0.15) is 0 Å². The summed E-state index contributed by atoms with van der Waals surface area (Å²) in [4.78, 5) is 10.3. The van der Waals surface area contributed by atoms with E-state index in [0.717, 1.165) is 19.1 Å². The van der Waals surface area contributed by atoms with Gasteiger partial charge in [-0.15, -0.1) is 0 Å². The fourth-order valence-electron chi connectivity index (χ4n) is 2.00. The molecule has 0 aliphatic carbocycles. The summed E-state index contributed by atoms with van der Waals surface area (Å²) in [6.45, 7) is 2.10. The van der Waals surface area contributed by atoms with E-state index in [2.05, 4.69) is 55.5 Å². The minimum atomic E-state index is 0.652. The zero-order valence-electron chi connectivity index (χ0n) is 10.7. The molecule has 0 aliphatic heterocycles. The van der Waals surface area contributed by atoms with Crippen molar-refractivity contribution in [3.8, 4) is 11.1 Å². The van der Waals surface area contributed by atoms with E-state index in [4.69, 9.17) is 0 Å². The summed E-state index contributed by atoms with van der Waals surface area (Å²) in [5.74, 6) is 0. The van der Waals surface area contributed by atoms with Crippen LogP contribution in [0.2, 0.25) is 0 Å². The number of carbonyl (C=O) groups is 1. The first-order valence-electron chi connectivity index (χ1n) is 6.39. The Morgan fingerprint density at radius 3 is 2.00 bits per heavy atom. The van der Waals surface area contributed by atoms with Crippen LogP contribution in [-0.2, 0) is 11.2 Å². The maximum absolute atomic E-state index is 10.3. The van der Waals surface area contributed by atoms with Crippen molar-refractivity contribution in [1.29, 1.82) is 0 Å². The topological polar surface area (TPSA) is 17.1 Å². The smallest absolute Gasteiger partial charge is 0.120 e. The van der Waals surface area contributed by atoms with Crippen molar-refractivity contribution in [3.05, 3.63) is 59.7 Å². The van der Waals surface area contributed by atoms with E-state index in [1.54, 1.807) is 0 Å². The molecule has 2 rings (SSSR count). The Labute approximate surface area is 108 Å². The van der Waals surface area contributed by atoms with Crippen molar-refractivity contribution in [3.63, 3.8) is 0 Å². The van der Waals surface area contributed by atoms with Crippen LogP contribution in [0.25, 0.3) is 11.1 Å². The summed E-state index contributed by atoms with van der Waals surface area (Å²) in [6, 6.07) is 17.2. The molecule has 0 heterocycles. The van der Waals surface area contributed by atoms with Crippen molar-refractivity contribution >= 4 is 6.29 Å². The molecular weight excluding hydrogens is 220 g/mol. The molecule has 0 saturated heterocycles. The molecule has 92 valence electrons. The standard InChI is InChI=1S/C17H18O/c1-14-5-9-16(10-6-14)17-11-7-15(8-12-17)4-2-3-13-18/h5-13H,2-4H2,1H3. The fraction of sp³-hybridized carbons (Fsp3) is 0.235. The molecule has 0 bridgehead atoms. The van der Waals surface area contributed by atoms with E-state index in [9.17, 15) is 4.79 Å². The van der Waals surface area contributed by atoms with Crippen molar-refractivity contribution in [2.75, 3.05) is 0 Å². The second kappa shape index (κ2) is 6.15. The molecule has 0 N–H and O–H groups in total. The van der Waals surface area contributed by atoms with Crippen molar-refractivity contribution in [1.82, 2.24) is 0 Å². The van der Waals surface area contributed by atoms with Gasteiger partial charge in [0.25, 0.3) is 0 Å². The zero-order chi connectivity index (χ0) is 12.8. The third-order valence-corrected chi connectivity index (χ3v) is 3.13. The maximum atomic E-state index is 10.3. The van der Waals surface area contributed by atoms with Crippen LogP contribution in [0.1, 0.15) is 24.0 Å². The van der Waals surface area contributed by atoms with Gasteiger partial charge in [0.15, 0.2) is 0 Å². The number of aryl methyl sites for hydroxylation is 2. The van der Waals surface area contributed by atoms with E-state index in [-0.39, 0.29) is 0 Å². The Hall–Kier alpha value is -1.89. The van der Waals surface area contributed by atoms with Gasteiger partial charge in [-0.05, 0) is 36.5 Å². The summed E-state index contributed by atoms with van der Waals surface area (Å²) >= 11 is 0. The first-order chi connectivity index (χ1) is 8.79. The number of carbonyl (C=O) groups excluding carboxylic acids is 1. The average Bonchev–Trinajstić information content (AvgIpc) is 2.41. The molecule has 1 heteroatoms. The first kappa shape index (κ1) is 12.6. The molecule has 0 aliphatic rings. The summed E-state index contributed by atoms with van der Waals surface area (Å²) in [6.07, 6.45) is 3.56. The third-order valence-electron chi connectivity index (χ3n) is 3.13. The van der Waals surface area contributed by atoms with Gasteiger partial charge in [0.05, 0.1) is 0 Å². The lowest BCUT2D eigenvalue weighted by Gasteiger charge is -2.04. The molecule has 18 heavy (non-hydrogen) atoms. The SMILES string of the molecule is Cc1ccc(-c2ccc(CCCC=O)cc2)cc1. The predicted octanol–water partition coefficient (Wildman–Crippen LogP) is 4.18. The molecule has 0 aromatic heterocycles. The van der Waals surface area contributed by atoms with Gasteiger partial charge in [-0.3, -0.25) is 0 Å². The van der Waals surface area contributed by atoms with Crippen molar-refractivity contribution < 1.29 is 4.79 Å². The Morgan fingerprint density at radius 1 is 0.889 bits per heavy atom. The van der Waals surface area contributed by atoms with Crippen LogP contribution in [0.15, 0.2) is 48.5 Å². The van der Waals surface area contributed by atoms with E-state index < -0.39 is 0 Å². The van der Waals surface area contributed by atoms with Gasteiger partial charge >= 0.3 is 0 Å². The number of aldehydes is 1. The number of hydrogen-bond acceptors (Lipinski definition) is 1. The Bertz CT molecular complexity index is 494. The molecule has 0 saturated carbocycles. The molecule has 1 nitrogen and oxygen atoms in total. The van der Waals surface area contributed by atoms with Crippen LogP contribution in [0.4, 0.5) is 0 Å². The molecule has 2 aromatic carbocycles. The second-order valence-corrected chi connectivity index (χ2v) is 4.62. The molecule has 0 fully saturated rings. The Morgan fingerprint density at radius 2 is 1.44 bits per heavy atom. The summed E-state index contributed by atoms with van der Waals surface area (Å²) in [5, 5.41) is 0. The predicted molar refractivity (Wildman–Crippen MR) is 75.6 cm³/mol. The molecule has 0 atom stereocenters. The van der Waals surface area contributed by atoms with Crippen LogP contribution in [0.5, 0.6) is 0 Å². The highest BCUT2D eigenvalue weighted by molar-refractivity contribution is 5.63. The Balaban J connectivity index is 2.07. The maximum Gasteiger partial charge on any atom is 0.120 e. The highest BCUT2D eigenvalue weighted by atomic mass is 16.1. The highest BCUT2D eigenvalue weighted by Gasteiger charge is 1.98. The lowest BCUT2D eigenvalue weighted by atomic mass is 10.0. The minimum absolute atomic E-state index is 0.652. The number of unbranched alkanes of at least 4 members (excludes halogenated alkanes) is 1. The summed E-state index contributed by atoms with van der Waals surface area (Å²) in [5.41, 5.74) is 5.08. The van der Waals surface area contributed by atoms with Crippen LogP contribution in [0.3, 0.4) is 0 Å². The molecular formula is C17H18O. The molecule has 0 unspecified atom stereocenters. The minimum Gasteiger partial charge on any atom is -0.303 e. The highest BCUT2D eigenvalue weighted by Crippen LogP contribution is 2.20. The van der Waals surface area contributed by atoms with Crippen molar-refractivity contribution in [2.24, 2.45) is 0 Å². The lowest BCUT2D eigenvalue weighted by molar-refractivity contribution is -0.107. The van der Waals surface area contributed by atoms with E-state index >= 15 is 0 Å². The Kier molecular flexibility index (Phi) is 4.30. The quantitative estimate of drug-likeness (QED) is 0.564. The summed E-state index contributed by atoms with van der Waals surface area (Å²) in [7, 11) is 0. The van der Waals surface area contributed by atoms with Gasteiger partial charge in [-0.25, -0.2) is 0 Å². The molecule has 0 spiro atoms. The van der Waals surface area contributed by atoms with E-state index in [0.29, 0.717) is 6.42 Å².